The largest absolute Gasteiger partial charge is 0.481 e. The van der Waals surface area contributed by atoms with Crippen LogP contribution in [0.4, 0.5) is 0 Å². The smallest absolute Gasteiger partial charge is 0.310 e. The monoisotopic (exact) mass is 267 g/mol. The molecule has 0 amide bonds. The summed E-state index contributed by atoms with van der Waals surface area (Å²) in [6, 6.07) is 0. The SMILES string of the molecule is CCCC1(C(=O)O)CCN(Cc2noc(CC)n2)C1. The number of carbonyl (C=O) groups is 1. The molecule has 1 fully saturated rings. The predicted molar refractivity (Wildman–Crippen MR) is 68.5 cm³/mol. The van der Waals surface area contributed by atoms with Crippen LogP contribution in [0, 0.1) is 5.41 Å². The molecule has 1 aliphatic heterocycles. The van der Waals surface area contributed by atoms with Gasteiger partial charge in [0, 0.05) is 13.0 Å². The quantitative estimate of drug-likeness (QED) is 0.845. The number of hydrogen-bond donors (Lipinski definition) is 1. The molecule has 6 heteroatoms. The van der Waals surface area contributed by atoms with Crippen molar-refractivity contribution in [3.63, 3.8) is 0 Å². The molecule has 0 bridgehead atoms. The summed E-state index contributed by atoms with van der Waals surface area (Å²) in [5, 5.41) is 13.4. The highest BCUT2D eigenvalue weighted by Crippen LogP contribution is 2.35. The minimum Gasteiger partial charge on any atom is -0.481 e. The second kappa shape index (κ2) is 5.69. The highest BCUT2D eigenvalue weighted by atomic mass is 16.5. The minimum atomic E-state index is -0.681. The van der Waals surface area contributed by atoms with Gasteiger partial charge in [0.25, 0.3) is 0 Å². The Morgan fingerprint density at radius 2 is 2.32 bits per heavy atom. The number of hydrogen-bond acceptors (Lipinski definition) is 5. The van der Waals surface area contributed by atoms with Crippen LogP contribution in [0.5, 0.6) is 0 Å². The lowest BCUT2D eigenvalue weighted by molar-refractivity contribution is -0.148. The molecule has 1 aromatic rings. The summed E-state index contributed by atoms with van der Waals surface area (Å²) >= 11 is 0. The molecule has 0 saturated carbocycles. The first-order valence-electron chi connectivity index (χ1n) is 6.87. The maximum absolute atomic E-state index is 11.5. The Kier molecular flexibility index (Phi) is 4.19. The molecule has 0 aromatic carbocycles. The molecular weight excluding hydrogens is 246 g/mol. The average Bonchev–Trinajstić information content (AvgIpc) is 2.98. The predicted octanol–water partition coefficient (Wildman–Crippen LogP) is 1.71. The number of nitrogens with zero attached hydrogens (tertiary/aromatic N) is 3. The van der Waals surface area contributed by atoms with Crippen molar-refractivity contribution in [2.75, 3.05) is 13.1 Å². The number of likely N-dealkylation sites (tertiary alicyclic amines) is 1. The van der Waals surface area contributed by atoms with Gasteiger partial charge in [-0.2, -0.15) is 4.98 Å². The summed E-state index contributed by atoms with van der Waals surface area (Å²) in [4.78, 5) is 17.9. The molecule has 1 atom stereocenters. The molecule has 2 heterocycles. The fourth-order valence-corrected chi connectivity index (χ4v) is 2.76. The fourth-order valence-electron chi connectivity index (χ4n) is 2.76. The van der Waals surface area contributed by atoms with Gasteiger partial charge in [0.2, 0.25) is 5.89 Å². The maximum atomic E-state index is 11.5. The highest BCUT2D eigenvalue weighted by Gasteiger charge is 2.44. The van der Waals surface area contributed by atoms with Crippen molar-refractivity contribution < 1.29 is 14.4 Å². The van der Waals surface area contributed by atoms with Crippen LogP contribution in [0.3, 0.4) is 0 Å². The second-order valence-electron chi connectivity index (χ2n) is 5.25. The number of aromatic nitrogens is 2. The fraction of sp³-hybridized carbons (Fsp3) is 0.769. The molecule has 1 aliphatic rings. The second-order valence-corrected chi connectivity index (χ2v) is 5.25. The van der Waals surface area contributed by atoms with Gasteiger partial charge >= 0.3 is 5.97 Å². The Labute approximate surface area is 112 Å². The van der Waals surface area contributed by atoms with E-state index < -0.39 is 11.4 Å². The van der Waals surface area contributed by atoms with Gasteiger partial charge in [-0.1, -0.05) is 25.4 Å². The van der Waals surface area contributed by atoms with Crippen molar-refractivity contribution in [3.05, 3.63) is 11.7 Å². The highest BCUT2D eigenvalue weighted by molar-refractivity contribution is 5.75. The Morgan fingerprint density at radius 3 is 2.89 bits per heavy atom. The summed E-state index contributed by atoms with van der Waals surface area (Å²) in [6.45, 7) is 5.92. The van der Waals surface area contributed by atoms with Crippen LogP contribution in [0.25, 0.3) is 0 Å². The molecule has 1 aromatic heterocycles. The number of aryl methyl sites for hydroxylation is 1. The van der Waals surface area contributed by atoms with Gasteiger partial charge in [-0.3, -0.25) is 9.69 Å². The maximum Gasteiger partial charge on any atom is 0.310 e. The zero-order chi connectivity index (χ0) is 13.9. The van der Waals surface area contributed by atoms with E-state index in [0.717, 1.165) is 25.8 Å². The van der Waals surface area contributed by atoms with Crippen molar-refractivity contribution >= 4 is 5.97 Å². The lowest BCUT2D eigenvalue weighted by Crippen LogP contribution is -2.34. The van der Waals surface area contributed by atoms with E-state index >= 15 is 0 Å². The molecule has 106 valence electrons. The zero-order valence-electron chi connectivity index (χ0n) is 11.6. The third-order valence-electron chi connectivity index (χ3n) is 3.79. The number of aliphatic carboxylic acids is 1. The Morgan fingerprint density at radius 1 is 1.53 bits per heavy atom. The van der Waals surface area contributed by atoms with E-state index in [2.05, 4.69) is 15.0 Å². The number of carboxylic acids is 1. The Bertz CT molecular complexity index is 446. The molecular formula is C13H21N3O3. The van der Waals surface area contributed by atoms with Crippen LogP contribution in [0.15, 0.2) is 4.52 Å². The van der Waals surface area contributed by atoms with E-state index in [0.29, 0.717) is 31.2 Å². The van der Waals surface area contributed by atoms with E-state index in [4.69, 9.17) is 4.52 Å². The molecule has 0 radical (unpaired) electrons. The third-order valence-corrected chi connectivity index (χ3v) is 3.79. The topological polar surface area (TPSA) is 79.5 Å². The molecule has 1 N–H and O–H groups in total. The first-order valence-corrected chi connectivity index (χ1v) is 6.87. The average molecular weight is 267 g/mol. The molecule has 2 rings (SSSR count). The van der Waals surface area contributed by atoms with E-state index in [1.54, 1.807) is 0 Å². The van der Waals surface area contributed by atoms with Crippen molar-refractivity contribution in [2.24, 2.45) is 5.41 Å². The van der Waals surface area contributed by atoms with Gasteiger partial charge in [-0.25, -0.2) is 0 Å². The van der Waals surface area contributed by atoms with Gasteiger partial charge in [0.15, 0.2) is 5.82 Å². The standard InChI is InChI=1S/C13H21N3O3/c1-3-5-13(12(17)18)6-7-16(9-13)8-10-14-11(4-2)19-15-10/h3-9H2,1-2H3,(H,17,18). The van der Waals surface area contributed by atoms with Crippen molar-refractivity contribution in [2.45, 2.75) is 46.1 Å². The Hall–Kier alpha value is -1.43. The minimum absolute atomic E-state index is 0.572. The van der Waals surface area contributed by atoms with Gasteiger partial charge in [0.05, 0.1) is 12.0 Å². The summed E-state index contributed by atoms with van der Waals surface area (Å²) in [6.07, 6.45) is 3.05. The van der Waals surface area contributed by atoms with E-state index in [1.807, 2.05) is 13.8 Å². The first-order chi connectivity index (χ1) is 9.09. The van der Waals surface area contributed by atoms with Gasteiger partial charge in [-0.05, 0) is 19.4 Å². The summed E-state index contributed by atoms with van der Waals surface area (Å²) in [7, 11) is 0. The summed E-state index contributed by atoms with van der Waals surface area (Å²) in [5.74, 6) is 0.598. The van der Waals surface area contributed by atoms with Crippen LogP contribution in [-0.4, -0.2) is 39.2 Å². The van der Waals surface area contributed by atoms with Crippen LogP contribution < -0.4 is 0 Å². The molecule has 19 heavy (non-hydrogen) atoms. The molecule has 6 nitrogen and oxygen atoms in total. The lowest BCUT2D eigenvalue weighted by atomic mass is 9.83. The Balaban J connectivity index is 1.99. The van der Waals surface area contributed by atoms with Gasteiger partial charge < -0.3 is 9.63 Å². The van der Waals surface area contributed by atoms with Gasteiger partial charge in [-0.15, -0.1) is 0 Å². The molecule has 1 unspecified atom stereocenters. The third kappa shape index (κ3) is 2.94. The lowest BCUT2D eigenvalue weighted by Gasteiger charge is -2.23. The number of rotatable bonds is 6. The van der Waals surface area contributed by atoms with Gasteiger partial charge in [0.1, 0.15) is 0 Å². The summed E-state index contributed by atoms with van der Waals surface area (Å²) < 4.78 is 5.07. The van der Waals surface area contributed by atoms with E-state index in [-0.39, 0.29) is 0 Å². The van der Waals surface area contributed by atoms with Crippen LogP contribution >= 0.6 is 0 Å². The van der Waals surface area contributed by atoms with Crippen molar-refractivity contribution in [1.82, 2.24) is 15.0 Å². The zero-order valence-corrected chi connectivity index (χ0v) is 11.6. The van der Waals surface area contributed by atoms with E-state index in [9.17, 15) is 9.90 Å². The summed E-state index contributed by atoms with van der Waals surface area (Å²) in [5.41, 5.74) is -0.591. The molecule has 0 spiro atoms. The van der Waals surface area contributed by atoms with Crippen molar-refractivity contribution in [1.29, 1.82) is 0 Å². The van der Waals surface area contributed by atoms with Crippen LogP contribution in [-0.2, 0) is 17.8 Å². The molecule has 1 saturated heterocycles. The number of carboxylic acid groups (broad SMARTS) is 1. The first kappa shape index (κ1) is 14.0. The van der Waals surface area contributed by atoms with Crippen LogP contribution in [0.1, 0.15) is 44.8 Å². The normalized spacial score (nSPS) is 23.9. The van der Waals surface area contributed by atoms with Crippen LogP contribution in [0.2, 0.25) is 0 Å². The van der Waals surface area contributed by atoms with Crippen molar-refractivity contribution in [3.8, 4) is 0 Å². The van der Waals surface area contributed by atoms with E-state index in [1.165, 1.54) is 0 Å². The molecule has 0 aliphatic carbocycles.